The molecule has 0 spiro atoms. The molecule has 0 aliphatic carbocycles. The largest absolute Gasteiger partial charge is 0.497 e. The fourth-order valence-corrected chi connectivity index (χ4v) is 3.91. The van der Waals surface area contributed by atoms with Crippen LogP contribution in [0.15, 0.2) is 72.8 Å². The molecule has 0 saturated carbocycles. The van der Waals surface area contributed by atoms with Gasteiger partial charge < -0.3 is 15.0 Å². The van der Waals surface area contributed by atoms with Crippen LogP contribution in [-0.4, -0.2) is 37.0 Å². The van der Waals surface area contributed by atoms with Gasteiger partial charge in [-0.1, -0.05) is 24.3 Å². The van der Waals surface area contributed by atoms with Gasteiger partial charge in [-0.2, -0.15) is 13.2 Å². The van der Waals surface area contributed by atoms with E-state index in [4.69, 9.17) is 4.74 Å². The number of alkyl halides is 3. The highest BCUT2D eigenvalue weighted by molar-refractivity contribution is 6.05. The number of hydrogen-bond donors (Lipinski definition) is 1. The molecule has 6 nitrogen and oxygen atoms in total. The fraction of sp³-hybridized carbons (Fsp3) is 0.231. The lowest BCUT2D eigenvalue weighted by Crippen LogP contribution is -2.49. The standard InChI is InChI=1S/C26H24F3N3O3/c1-35-23-11-9-18(10-12-23)17-31-13-4-14-32(25(31)34)22-8-3-7-21(16-22)30-24(33)19-5-2-6-20(15-19)26(27,28)29/h2-3,5-12,15-16H,4,13-14,17H2,1H3,(H,30,33). The van der Waals surface area contributed by atoms with Gasteiger partial charge in [0.15, 0.2) is 0 Å². The molecule has 1 heterocycles. The van der Waals surface area contributed by atoms with Crippen LogP contribution in [0.2, 0.25) is 0 Å². The van der Waals surface area contributed by atoms with Gasteiger partial charge in [0.2, 0.25) is 0 Å². The number of ether oxygens (including phenoxy) is 1. The third kappa shape index (κ3) is 5.74. The number of carbonyl (C=O) groups is 2. The van der Waals surface area contributed by atoms with Crippen molar-refractivity contribution < 1.29 is 27.5 Å². The van der Waals surface area contributed by atoms with Crippen molar-refractivity contribution in [2.75, 3.05) is 30.4 Å². The van der Waals surface area contributed by atoms with Crippen LogP contribution < -0.4 is 15.0 Å². The first-order chi connectivity index (χ1) is 16.7. The van der Waals surface area contributed by atoms with Gasteiger partial charge in [-0.25, -0.2) is 4.79 Å². The Kier molecular flexibility index (Phi) is 6.95. The average molecular weight is 483 g/mol. The van der Waals surface area contributed by atoms with Crippen molar-refractivity contribution in [1.29, 1.82) is 0 Å². The summed E-state index contributed by atoms with van der Waals surface area (Å²) >= 11 is 0. The number of urea groups is 1. The third-order valence-electron chi connectivity index (χ3n) is 5.71. The molecule has 3 aromatic rings. The SMILES string of the molecule is COc1ccc(CN2CCCN(c3cccc(NC(=O)c4cccc(C(F)(F)F)c4)c3)C2=O)cc1. The lowest BCUT2D eigenvalue weighted by molar-refractivity contribution is -0.137. The second kappa shape index (κ2) is 10.1. The Balaban J connectivity index is 1.46. The highest BCUT2D eigenvalue weighted by Crippen LogP contribution is 2.30. The topological polar surface area (TPSA) is 61.9 Å². The summed E-state index contributed by atoms with van der Waals surface area (Å²) in [5, 5.41) is 2.62. The van der Waals surface area contributed by atoms with E-state index < -0.39 is 17.6 Å². The van der Waals surface area contributed by atoms with Crippen molar-refractivity contribution in [2.45, 2.75) is 19.1 Å². The molecule has 0 aromatic heterocycles. The molecule has 3 amide bonds. The summed E-state index contributed by atoms with van der Waals surface area (Å²) in [4.78, 5) is 29.1. The summed E-state index contributed by atoms with van der Waals surface area (Å²) in [5.74, 6) is 0.0729. The molecule has 4 rings (SSSR count). The van der Waals surface area contributed by atoms with Gasteiger partial charge in [-0.3, -0.25) is 9.69 Å². The van der Waals surface area contributed by atoms with E-state index in [1.54, 1.807) is 41.2 Å². The molecular formula is C26H24F3N3O3. The average Bonchev–Trinajstić information content (AvgIpc) is 2.85. The maximum absolute atomic E-state index is 13.2. The molecule has 0 atom stereocenters. The predicted molar refractivity (Wildman–Crippen MR) is 127 cm³/mol. The maximum Gasteiger partial charge on any atom is 0.416 e. The quantitative estimate of drug-likeness (QED) is 0.482. The Hall–Kier alpha value is -4.01. The summed E-state index contributed by atoms with van der Waals surface area (Å²) in [5.41, 5.74) is 0.948. The van der Waals surface area contributed by atoms with Gasteiger partial charge in [0.1, 0.15) is 5.75 Å². The molecule has 1 fully saturated rings. The summed E-state index contributed by atoms with van der Waals surface area (Å²) in [7, 11) is 1.59. The number of anilines is 2. The Bertz CT molecular complexity index is 1210. The first-order valence-corrected chi connectivity index (χ1v) is 11.0. The first-order valence-electron chi connectivity index (χ1n) is 11.0. The second-order valence-electron chi connectivity index (χ2n) is 8.14. The number of benzene rings is 3. The second-order valence-corrected chi connectivity index (χ2v) is 8.14. The number of nitrogens with zero attached hydrogens (tertiary/aromatic N) is 2. The number of hydrogen-bond acceptors (Lipinski definition) is 3. The molecule has 182 valence electrons. The zero-order valence-electron chi connectivity index (χ0n) is 19.0. The van der Waals surface area contributed by atoms with Crippen LogP contribution in [0.25, 0.3) is 0 Å². The number of halogens is 3. The highest BCUT2D eigenvalue weighted by Gasteiger charge is 2.31. The van der Waals surface area contributed by atoms with Gasteiger partial charge in [-0.15, -0.1) is 0 Å². The summed E-state index contributed by atoms with van der Waals surface area (Å²) < 4.78 is 44.1. The first kappa shape index (κ1) is 24.1. The smallest absolute Gasteiger partial charge is 0.416 e. The molecule has 0 radical (unpaired) electrons. The minimum atomic E-state index is -4.54. The highest BCUT2D eigenvalue weighted by atomic mass is 19.4. The van der Waals surface area contributed by atoms with Gasteiger partial charge in [0.25, 0.3) is 5.91 Å². The third-order valence-corrected chi connectivity index (χ3v) is 5.71. The molecule has 3 aromatic carbocycles. The Morgan fingerprint density at radius 3 is 2.46 bits per heavy atom. The van der Waals surface area contributed by atoms with E-state index in [2.05, 4.69) is 5.32 Å². The monoisotopic (exact) mass is 483 g/mol. The lowest BCUT2D eigenvalue weighted by Gasteiger charge is -2.36. The molecular weight excluding hydrogens is 459 g/mol. The molecule has 0 bridgehead atoms. The Morgan fingerprint density at radius 2 is 1.74 bits per heavy atom. The summed E-state index contributed by atoms with van der Waals surface area (Å²) in [6.45, 7) is 1.58. The molecule has 1 aliphatic rings. The zero-order valence-corrected chi connectivity index (χ0v) is 19.0. The number of nitrogens with one attached hydrogen (secondary N) is 1. The number of carbonyl (C=O) groups excluding carboxylic acids is 2. The van der Waals surface area contributed by atoms with E-state index in [0.717, 1.165) is 29.9 Å². The number of rotatable bonds is 6. The minimum absolute atomic E-state index is 0.107. The van der Waals surface area contributed by atoms with Crippen molar-refractivity contribution in [2.24, 2.45) is 0 Å². The molecule has 35 heavy (non-hydrogen) atoms. The van der Waals surface area contributed by atoms with Crippen LogP contribution in [0.4, 0.5) is 29.3 Å². The van der Waals surface area contributed by atoms with Crippen LogP contribution in [0.5, 0.6) is 5.75 Å². The van der Waals surface area contributed by atoms with Crippen LogP contribution >= 0.6 is 0 Å². The Labute approximate surface area is 200 Å². The zero-order chi connectivity index (χ0) is 25.0. The normalized spacial score (nSPS) is 14.1. The lowest BCUT2D eigenvalue weighted by atomic mass is 10.1. The maximum atomic E-state index is 13.2. The van der Waals surface area contributed by atoms with Gasteiger partial charge in [0, 0.05) is 36.6 Å². The van der Waals surface area contributed by atoms with E-state index in [1.165, 1.54) is 12.1 Å². The molecule has 1 N–H and O–H groups in total. The van der Waals surface area contributed by atoms with Gasteiger partial charge in [-0.05, 0) is 60.5 Å². The number of methoxy groups -OCH3 is 1. The van der Waals surface area contributed by atoms with Crippen molar-refractivity contribution in [3.8, 4) is 5.75 Å². The van der Waals surface area contributed by atoms with Crippen LogP contribution in [0, 0.1) is 0 Å². The Morgan fingerprint density at radius 1 is 1.00 bits per heavy atom. The number of amides is 3. The summed E-state index contributed by atoms with van der Waals surface area (Å²) in [6.07, 6.45) is -3.77. The van der Waals surface area contributed by atoms with Gasteiger partial charge >= 0.3 is 12.2 Å². The van der Waals surface area contributed by atoms with E-state index >= 15 is 0 Å². The van der Waals surface area contributed by atoms with Crippen LogP contribution in [0.3, 0.4) is 0 Å². The van der Waals surface area contributed by atoms with E-state index in [0.29, 0.717) is 31.0 Å². The van der Waals surface area contributed by atoms with Crippen molar-refractivity contribution in [3.63, 3.8) is 0 Å². The predicted octanol–water partition coefficient (Wildman–Crippen LogP) is 5.80. The van der Waals surface area contributed by atoms with Gasteiger partial charge in [0.05, 0.1) is 12.7 Å². The van der Waals surface area contributed by atoms with Crippen molar-refractivity contribution in [1.82, 2.24) is 4.90 Å². The molecule has 1 saturated heterocycles. The fourth-order valence-electron chi connectivity index (χ4n) is 3.91. The van der Waals surface area contributed by atoms with Crippen molar-refractivity contribution in [3.05, 3.63) is 89.5 Å². The van der Waals surface area contributed by atoms with Crippen LogP contribution in [0.1, 0.15) is 27.9 Å². The van der Waals surface area contributed by atoms with E-state index in [1.807, 2.05) is 24.3 Å². The minimum Gasteiger partial charge on any atom is -0.497 e. The van der Waals surface area contributed by atoms with E-state index in [-0.39, 0.29) is 11.6 Å². The van der Waals surface area contributed by atoms with E-state index in [9.17, 15) is 22.8 Å². The van der Waals surface area contributed by atoms with Crippen molar-refractivity contribution >= 4 is 23.3 Å². The molecule has 1 aliphatic heterocycles. The molecule has 0 unspecified atom stereocenters. The summed E-state index contributed by atoms with van der Waals surface area (Å²) in [6, 6.07) is 18.3. The molecule has 9 heteroatoms. The van der Waals surface area contributed by atoms with Crippen LogP contribution in [-0.2, 0) is 12.7 Å².